The number of methoxy groups -OCH3 is 2. The maximum atomic E-state index is 12.5. The molecule has 2 heterocycles. The SMILES string of the molecule is COc1ccc(CN(Cc2ccc3c(c2)OCO3)Cc2nc(C(=O)NCCC(C)C)cs2)c(OC)c1. The predicted molar refractivity (Wildman–Crippen MR) is 139 cm³/mol. The zero-order valence-electron chi connectivity index (χ0n) is 21.2. The molecule has 0 bridgehead atoms. The summed E-state index contributed by atoms with van der Waals surface area (Å²) in [4.78, 5) is 19.4. The Hall–Kier alpha value is -3.30. The van der Waals surface area contributed by atoms with E-state index < -0.39 is 0 Å². The van der Waals surface area contributed by atoms with Gasteiger partial charge in [0.2, 0.25) is 6.79 Å². The average Bonchev–Trinajstić information content (AvgIpc) is 3.53. The van der Waals surface area contributed by atoms with E-state index in [1.165, 1.54) is 11.3 Å². The minimum absolute atomic E-state index is 0.128. The molecule has 0 saturated heterocycles. The van der Waals surface area contributed by atoms with E-state index in [-0.39, 0.29) is 12.7 Å². The van der Waals surface area contributed by atoms with Gasteiger partial charge < -0.3 is 24.3 Å². The standard InChI is InChI=1S/C27H33N3O5S/c1-18(2)9-10-28-27(31)22-16-36-26(29-22)15-30(13-19-5-8-23-25(11-19)35-17-34-23)14-20-6-7-21(32-3)12-24(20)33-4/h5-8,11-12,16,18H,9-10,13-15,17H2,1-4H3,(H,28,31). The number of hydrogen-bond donors (Lipinski definition) is 1. The fraction of sp³-hybridized carbons (Fsp3) is 0.407. The van der Waals surface area contributed by atoms with Gasteiger partial charge in [-0.3, -0.25) is 9.69 Å². The number of fused-ring (bicyclic) bond motifs is 1. The van der Waals surface area contributed by atoms with E-state index in [2.05, 4.69) is 29.0 Å². The molecule has 3 aromatic rings. The zero-order chi connectivity index (χ0) is 25.5. The van der Waals surface area contributed by atoms with Gasteiger partial charge in [0.25, 0.3) is 5.91 Å². The lowest BCUT2D eigenvalue weighted by molar-refractivity contribution is 0.0947. The fourth-order valence-electron chi connectivity index (χ4n) is 3.93. The molecule has 2 aromatic carbocycles. The Labute approximate surface area is 216 Å². The minimum atomic E-state index is -0.128. The maximum Gasteiger partial charge on any atom is 0.270 e. The monoisotopic (exact) mass is 511 g/mol. The van der Waals surface area contributed by atoms with Gasteiger partial charge in [0.15, 0.2) is 11.5 Å². The van der Waals surface area contributed by atoms with Gasteiger partial charge in [0.05, 0.1) is 20.8 Å². The van der Waals surface area contributed by atoms with Crippen LogP contribution in [0, 0.1) is 5.92 Å². The van der Waals surface area contributed by atoms with Crippen LogP contribution in [0.3, 0.4) is 0 Å². The molecule has 4 rings (SSSR count). The van der Waals surface area contributed by atoms with E-state index in [0.29, 0.717) is 37.8 Å². The molecule has 1 aliphatic heterocycles. The Morgan fingerprint density at radius 1 is 1.08 bits per heavy atom. The van der Waals surface area contributed by atoms with Crippen molar-refractivity contribution in [2.75, 3.05) is 27.6 Å². The molecule has 36 heavy (non-hydrogen) atoms. The van der Waals surface area contributed by atoms with Gasteiger partial charge >= 0.3 is 0 Å². The summed E-state index contributed by atoms with van der Waals surface area (Å²) in [5.41, 5.74) is 2.58. The highest BCUT2D eigenvalue weighted by molar-refractivity contribution is 7.09. The van der Waals surface area contributed by atoms with E-state index >= 15 is 0 Å². The number of aromatic nitrogens is 1. The van der Waals surface area contributed by atoms with Gasteiger partial charge in [-0.1, -0.05) is 26.0 Å². The van der Waals surface area contributed by atoms with Crippen LogP contribution in [0.2, 0.25) is 0 Å². The van der Waals surface area contributed by atoms with Crippen molar-refractivity contribution in [1.29, 1.82) is 0 Å². The zero-order valence-corrected chi connectivity index (χ0v) is 22.0. The van der Waals surface area contributed by atoms with Crippen LogP contribution < -0.4 is 24.3 Å². The molecule has 0 spiro atoms. The van der Waals surface area contributed by atoms with Gasteiger partial charge in [-0.05, 0) is 36.1 Å². The molecule has 0 unspecified atom stereocenters. The predicted octanol–water partition coefficient (Wildman–Crippen LogP) is 4.87. The van der Waals surface area contributed by atoms with E-state index in [1.807, 2.05) is 41.8 Å². The van der Waals surface area contributed by atoms with Crippen molar-refractivity contribution >= 4 is 17.2 Å². The third-order valence-corrected chi connectivity index (χ3v) is 6.72. The van der Waals surface area contributed by atoms with Crippen LogP contribution in [0.15, 0.2) is 41.8 Å². The molecule has 0 radical (unpaired) electrons. The average molecular weight is 512 g/mol. The quantitative estimate of drug-likeness (QED) is 0.372. The van der Waals surface area contributed by atoms with Crippen LogP contribution in [0.4, 0.5) is 0 Å². The second-order valence-corrected chi connectivity index (χ2v) is 10.0. The summed E-state index contributed by atoms with van der Waals surface area (Å²) in [5, 5.41) is 5.66. The van der Waals surface area contributed by atoms with E-state index in [1.54, 1.807) is 14.2 Å². The molecule has 1 aliphatic rings. The second-order valence-electron chi connectivity index (χ2n) is 9.08. The van der Waals surface area contributed by atoms with Gasteiger partial charge in [0, 0.05) is 36.6 Å². The number of nitrogens with zero attached hydrogens (tertiary/aromatic N) is 2. The lowest BCUT2D eigenvalue weighted by Crippen LogP contribution is -2.26. The van der Waals surface area contributed by atoms with Gasteiger partial charge in [0.1, 0.15) is 22.2 Å². The van der Waals surface area contributed by atoms with Crippen LogP contribution in [-0.4, -0.2) is 43.3 Å². The molecule has 8 nitrogen and oxygen atoms in total. The Morgan fingerprint density at radius 2 is 1.92 bits per heavy atom. The van der Waals surface area contributed by atoms with Crippen molar-refractivity contribution in [3.8, 4) is 23.0 Å². The summed E-state index contributed by atoms with van der Waals surface area (Å²) in [5.74, 6) is 3.42. The van der Waals surface area contributed by atoms with Crippen LogP contribution in [0.5, 0.6) is 23.0 Å². The number of amides is 1. The maximum absolute atomic E-state index is 12.5. The normalized spacial score (nSPS) is 12.3. The molecule has 0 atom stereocenters. The summed E-state index contributed by atoms with van der Waals surface area (Å²) in [6, 6.07) is 11.8. The summed E-state index contributed by atoms with van der Waals surface area (Å²) in [6.45, 7) is 7.02. The number of ether oxygens (including phenoxy) is 4. The van der Waals surface area contributed by atoms with Crippen LogP contribution in [0.25, 0.3) is 0 Å². The lowest BCUT2D eigenvalue weighted by Gasteiger charge is -2.23. The Bertz CT molecular complexity index is 1180. The second kappa shape index (κ2) is 12.1. The number of nitrogens with one attached hydrogen (secondary N) is 1. The van der Waals surface area contributed by atoms with Crippen molar-refractivity contribution in [1.82, 2.24) is 15.2 Å². The summed E-state index contributed by atoms with van der Waals surface area (Å²) >= 11 is 1.49. The molecule has 1 aromatic heterocycles. The first-order valence-electron chi connectivity index (χ1n) is 12.0. The number of hydrogen-bond acceptors (Lipinski definition) is 8. The van der Waals surface area contributed by atoms with Crippen LogP contribution in [-0.2, 0) is 19.6 Å². The first kappa shape index (κ1) is 25.8. The highest BCUT2D eigenvalue weighted by Crippen LogP contribution is 2.33. The van der Waals surface area contributed by atoms with Gasteiger partial charge in [-0.2, -0.15) is 0 Å². The molecule has 192 valence electrons. The molecule has 1 N–H and O–H groups in total. The van der Waals surface area contributed by atoms with E-state index in [0.717, 1.165) is 45.6 Å². The molecule has 1 amide bonds. The number of thiazole rings is 1. The van der Waals surface area contributed by atoms with E-state index in [4.69, 9.17) is 18.9 Å². The van der Waals surface area contributed by atoms with Crippen molar-refractivity contribution in [2.24, 2.45) is 5.92 Å². The Morgan fingerprint density at radius 3 is 2.69 bits per heavy atom. The summed E-state index contributed by atoms with van der Waals surface area (Å²) < 4.78 is 22.0. The summed E-state index contributed by atoms with van der Waals surface area (Å²) in [6.07, 6.45) is 0.940. The molecule has 0 aliphatic carbocycles. The van der Waals surface area contributed by atoms with E-state index in [9.17, 15) is 4.79 Å². The van der Waals surface area contributed by atoms with Crippen molar-refractivity contribution < 1.29 is 23.7 Å². The first-order valence-corrected chi connectivity index (χ1v) is 12.9. The smallest absolute Gasteiger partial charge is 0.270 e. The van der Waals surface area contributed by atoms with Crippen LogP contribution >= 0.6 is 11.3 Å². The number of carbonyl (C=O) groups excluding carboxylic acids is 1. The van der Waals surface area contributed by atoms with Gasteiger partial charge in [-0.15, -0.1) is 11.3 Å². The van der Waals surface area contributed by atoms with Gasteiger partial charge in [-0.25, -0.2) is 4.98 Å². The third kappa shape index (κ3) is 6.67. The topological polar surface area (TPSA) is 82.2 Å². The number of benzene rings is 2. The molecule has 9 heteroatoms. The number of carbonyl (C=O) groups is 1. The minimum Gasteiger partial charge on any atom is -0.497 e. The Kier molecular flexibility index (Phi) is 8.66. The van der Waals surface area contributed by atoms with Crippen molar-refractivity contribution in [3.05, 3.63) is 63.6 Å². The molecular formula is C27H33N3O5S. The molecule has 0 saturated carbocycles. The third-order valence-electron chi connectivity index (χ3n) is 5.88. The van der Waals surface area contributed by atoms with Crippen molar-refractivity contribution in [3.63, 3.8) is 0 Å². The molecule has 0 fully saturated rings. The lowest BCUT2D eigenvalue weighted by atomic mass is 10.1. The fourth-order valence-corrected chi connectivity index (χ4v) is 4.75. The highest BCUT2D eigenvalue weighted by atomic mass is 32.1. The van der Waals surface area contributed by atoms with Crippen LogP contribution in [0.1, 0.15) is 46.9 Å². The summed E-state index contributed by atoms with van der Waals surface area (Å²) in [7, 11) is 3.30. The number of rotatable bonds is 12. The molecular weight excluding hydrogens is 478 g/mol. The van der Waals surface area contributed by atoms with Crippen molar-refractivity contribution in [2.45, 2.75) is 39.9 Å². The Balaban J connectivity index is 1.51. The highest BCUT2D eigenvalue weighted by Gasteiger charge is 2.18. The first-order chi connectivity index (χ1) is 17.4. The largest absolute Gasteiger partial charge is 0.497 e.